The van der Waals surface area contributed by atoms with Crippen LogP contribution in [0.25, 0.3) is 0 Å². The molecule has 1 aromatic carbocycles. The number of carbonyl (C=O) groups is 1. The SMILES string of the molecule is O=C(O)c1ccc(NC2COc3ccccc32)cn1. The van der Waals surface area contributed by atoms with E-state index in [-0.39, 0.29) is 11.7 Å². The first-order valence-corrected chi connectivity index (χ1v) is 5.91. The van der Waals surface area contributed by atoms with Crippen LogP contribution in [0.2, 0.25) is 0 Å². The summed E-state index contributed by atoms with van der Waals surface area (Å²) in [5.41, 5.74) is 1.91. The van der Waals surface area contributed by atoms with Gasteiger partial charge < -0.3 is 15.2 Å². The van der Waals surface area contributed by atoms with Crippen molar-refractivity contribution in [2.24, 2.45) is 0 Å². The number of anilines is 1. The third-order valence-corrected chi connectivity index (χ3v) is 3.02. The summed E-state index contributed by atoms with van der Waals surface area (Å²) in [6, 6.07) is 11.1. The smallest absolute Gasteiger partial charge is 0.354 e. The maximum Gasteiger partial charge on any atom is 0.354 e. The number of aromatic nitrogens is 1. The third kappa shape index (κ3) is 2.22. The molecule has 5 heteroatoms. The molecule has 0 saturated heterocycles. The van der Waals surface area contributed by atoms with Crippen molar-refractivity contribution in [2.75, 3.05) is 11.9 Å². The van der Waals surface area contributed by atoms with Gasteiger partial charge in [-0.15, -0.1) is 0 Å². The summed E-state index contributed by atoms with van der Waals surface area (Å²) in [4.78, 5) is 14.6. The number of benzene rings is 1. The van der Waals surface area contributed by atoms with Gasteiger partial charge in [0.05, 0.1) is 17.9 Å². The van der Waals surface area contributed by atoms with Crippen molar-refractivity contribution in [3.63, 3.8) is 0 Å². The molecule has 0 radical (unpaired) electrons. The quantitative estimate of drug-likeness (QED) is 0.881. The van der Waals surface area contributed by atoms with E-state index in [1.165, 1.54) is 12.3 Å². The van der Waals surface area contributed by atoms with Gasteiger partial charge in [0.1, 0.15) is 18.1 Å². The molecule has 5 nitrogen and oxygen atoms in total. The van der Waals surface area contributed by atoms with E-state index in [9.17, 15) is 4.79 Å². The molecular formula is C14H12N2O3. The fourth-order valence-electron chi connectivity index (χ4n) is 2.09. The molecule has 1 aliphatic rings. The summed E-state index contributed by atoms with van der Waals surface area (Å²) in [5, 5.41) is 12.1. The Labute approximate surface area is 109 Å². The first kappa shape index (κ1) is 11.5. The minimum Gasteiger partial charge on any atom is -0.491 e. The van der Waals surface area contributed by atoms with E-state index in [4.69, 9.17) is 9.84 Å². The standard InChI is InChI=1S/C14H12N2O3/c17-14(18)11-6-5-9(7-15-11)16-12-8-19-13-4-2-1-3-10(12)13/h1-7,12,16H,8H2,(H,17,18). The molecule has 0 spiro atoms. The summed E-state index contributed by atoms with van der Waals surface area (Å²) in [5.74, 6) is -0.142. The largest absolute Gasteiger partial charge is 0.491 e. The highest BCUT2D eigenvalue weighted by Gasteiger charge is 2.23. The van der Waals surface area contributed by atoms with Crippen molar-refractivity contribution in [2.45, 2.75) is 6.04 Å². The number of nitrogens with zero attached hydrogens (tertiary/aromatic N) is 1. The number of aromatic carboxylic acids is 1. The number of fused-ring (bicyclic) bond motifs is 1. The number of pyridine rings is 1. The third-order valence-electron chi connectivity index (χ3n) is 3.02. The summed E-state index contributed by atoms with van der Waals surface area (Å²) in [6.07, 6.45) is 1.52. The lowest BCUT2D eigenvalue weighted by Crippen LogP contribution is -2.12. The van der Waals surface area contributed by atoms with E-state index < -0.39 is 5.97 Å². The first-order valence-electron chi connectivity index (χ1n) is 5.91. The number of carboxylic acids is 1. The van der Waals surface area contributed by atoms with Crippen LogP contribution >= 0.6 is 0 Å². The Kier molecular flexibility index (Phi) is 2.79. The number of carboxylic acid groups (broad SMARTS) is 1. The van der Waals surface area contributed by atoms with Gasteiger partial charge in [-0.05, 0) is 18.2 Å². The van der Waals surface area contributed by atoms with Crippen molar-refractivity contribution >= 4 is 11.7 Å². The highest BCUT2D eigenvalue weighted by molar-refractivity contribution is 5.85. The number of rotatable bonds is 3. The Hall–Kier alpha value is -2.56. The number of hydrogen-bond acceptors (Lipinski definition) is 4. The minimum atomic E-state index is -1.03. The normalized spacial score (nSPS) is 16.5. The Morgan fingerprint density at radius 3 is 2.89 bits per heavy atom. The monoisotopic (exact) mass is 256 g/mol. The fourth-order valence-corrected chi connectivity index (χ4v) is 2.09. The summed E-state index contributed by atoms with van der Waals surface area (Å²) >= 11 is 0. The van der Waals surface area contributed by atoms with Gasteiger partial charge in [-0.3, -0.25) is 0 Å². The molecule has 0 bridgehead atoms. The van der Waals surface area contributed by atoms with Gasteiger partial charge in [0.15, 0.2) is 0 Å². The predicted molar refractivity (Wildman–Crippen MR) is 69.5 cm³/mol. The topological polar surface area (TPSA) is 71.5 Å². The number of para-hydroxylation sites is 1. The maximum atomic E-state index is 10.7. The molecule has 0 fully saturated rings. The lowest BCUT2D eigenvalue weighted by molar-refractivity contribution is 0.0690. The van der Waals surface area contributed by atoms with Gasteiger partial charge in [0.2, 0.25) is 0 Å². The van der Waals surface area contributed by atoms with Crippen LogP contribution in [0, 0.1) is 0 Å². The Bertz CT molecular complexity index is 610. The van der Waals surface area contributed by atoms with E-state index in [1.54, 1.807) is 6.07 Å². The van der Waals surface area contributed by atoms with E-state index in [2.05, 4.69) is 10.3 Å². The second-order valence-electron chi connectivity index (χ2n) is 4.28. The van der Waals surface area contributed by atoms with E-state index in [0.717, 1.165) is 17.0 Å². The summed E-state index contributed by atoms with van der Waals surface area (Å²) in [7, 11) is 0. The number of hydrogen-bond donors (Lipinski definition) is 2. The molecule has 1 unspecified atom stereocenters. The molecule has 0 amide bonds. The summed E-state index contributed by atoms with van der Waals surface area (Å²) in [6.45, 7) is 0.556. The molecule has 1 aliphatic heterocycles. The van der Waals surface area contributed by atoms with Crippen LogP contribution in [0.15, 0.2) is 42.6 Å². The Balaban J connectivity index is 1.78. The number of ether oxygens (including phenoxy) is 1. The number of nitrogens with one attached hydrogen (secondary N) is 1. The minimum absolute atomic E-state index is 0.0358. The average Bonchev–Trinajstić information content (AvgIpc) is 2.83. The molecule has 0 saturated carbocycles. The zero-order valence-corrected chi connectivity index (χ0v) is 10.0. The summed E-state index contributed by atoms with van der Waals surface area (Å²) < 4.78 is 5.57. The molecule has 96 valence electrons. The van der Waals surface area contributed by atoms with E-state index >= 15 is 0 Å². The first-order chi connectivity index (χ1) is 9.24. The molecule has 2 aromatic rings. The zero-order valence-electron chi connectivity index (χ0n) is 10.0. The lowest BCUT2D eigenvalue weighted by atomic mass is 10.1. The van der Waals surface area contributed by atoms with Crippen molar-refractivity contribution in [1.29, 1.82) is 0 Å². The molecule has 0 aliphatic carbocycles. The van der Waals surface area contributed by atoms with Crippen LogP contribution in [0.3, 0.4) is 0 Å². The van der Waals surface area contributed by atoms with E-state index in [0.29, 0.717) is 6.61 Å². The molecule has 2 N–H and O–H groups in total. The predicted octanol–water partition coefficient (Wildman–Crippen LogP) is 2.33. The van der Waals surface area contributed by atoms with Crippen LogP contribution in [0.1, 0.15) is 22.1 Å². The van der Waals surface area contributed by atoms with E-state index in [1.807, 2.05) is 24.3 Å². The van der Waals surface area contributed by atoms with Crippen LogP contribution < -0.4 is 10.1 Å². The molecule has 2 heterocycles. The highest BCUT2D eigenvalue weighted by atomic mass is 16.5. The van der Waals surface area contributed by atoms with Crippen LogP contribution in [0.5, 0.6) is 5.75 Å². The van der Waals surface area contributed by atoms with Crippen molar-refractivity contribution in [1.82, 2.24) is 4.98 Å². The highest BCUT2D eigenvalue weighted by Crippen LogP contribution is 2.33. The van der Waals surface area contributed by atoms with Gasteiger partial charge in [-0.1, -0.05) is 18.2 Å². The molecule has 1 atom stereocenters. The van der Waals surface area contributed by atoms with Gasteiger partial charge >= 0.3 is 5.97 Å². The van der Waals surface area contributed by atoms with Crippen LogP contribution in [-0.2, 0) is 0 Å². The second-order valence-corrected chi connectivity index (χ2v) is 4.28. The molecular weight excluding hydrogens is 244 g/mol. The zero-order chi connectivity index (χ0) is 13.2. The van der Waals surface area contributed by atoms with Gasteiger partial charge in [-0.2, -0.15) is 0 Å². The second kappa shape index (κ2) is 4.61. The maximum absolute atomic E-state index is 10.7. The van der Waals surface area contributed by atoms with Gasteiger partial charge in [-0.25, -0.2) is 9.78 Å². The molecule has 19 heavy (non-hydrogen) atoms. The van der Waals surface area contributed by atoms with Gasteiger partial charge in [0, 0.05) is 5.56 Å². The van der Waals surface area contributed by atoms with Crippen molar-refractivity contribution < 1.29 is 14.6 Å². The molecule has 3 rings (SSSR count). The molecule has 1 aromatic heterocycles. The van der Waals surface area contributed by atoms with Crippen LogP contribution in [-0.4, -0.2) is 22.7 Å². The Morgan fingerprint density at radius 1 is 1.32 bits per heavy atom. The lowest BCUT2D eigenvalue weighted by Gasteiger charge is -2.12. The fraction of sp³-hybridized carbons (Fsp3) is 0.143. The van der Waals surface area contributed by atoms with Crippen LogP contribution in [0.4, 0.5) is 5.69 Å². The van der Waals surface area contributed by atoms with Crippen molar-refractivity contribution in [3.05, 3.63) is 53.9 Å². The average molecular weight is 256 g/mol. The van der Waals surface area contributed by atoms with Crippen molar-refractivity contribution in [3.8, 4) is 5.75 Å². The van der Waals surface area contributed by atoms with Gasteiger partial charge in [0.25, 0.3) is 0 Å². The Morgan fingerprint density at radius 2 is 2.16 bits per heavy atom.